The summed E-state index contributed by atoms with van der Waals surface area (Å²) in [5, 5.41) is 0. The molecule has 0 amide bonds. The highest BCUT2D eigenvalue weighted by Gasteiger charge is 2.38. The highest BCUT2D eigenvalue weighted by atomic mass is 19.1. The fourth-order valence-electron chi connectivity index (χ4n) is 2.05. The van der Waals surface area contributed by atoms with Gasteiger partial charge in [-0.25, -0.2) is 4.39 Å². The zero-order chi connectivity index (χ0) is 9.19. The van der Waals surface area contributed by atoms with E-state index >= 15 is 0 Å². The summed E-state index contributed by atoms with van der Waals surface area (Å²) in [5.41, 5.74) is -0.883. The minimum atomic E-state index is -0.883. The van der Waals surface area contributed by atoms with Gasteiger partial charge >= 0.3 is 0 Å². The number of likely N-dealkylation sites (tertiary alicyclic amines) is 1. The van der Waals surface area contributed by atoms with E-state index in [9.17, 15) is 4.39 Å². The Morgan fingerprint density at radius 2 is 2.17 bits per heavy atom. The summed E-state index contributed by atoms with van der Waals surface area (Å²) < 4.78 is 14.0. The fourth-order valence-corrected chi connectivity index (χ4v) is 2.05. The van der Waals surface area contributed by atoms with Gasteiger partial charge in [0.2, 0.25) is 0 Å². The maximum Gasteiger partial charge on any atom is 0.115 e. The minimum absolute atomic E-state index is 0.205. The molecule has 1 heterocycles. The number of piperidine rings is 1. The van der Waals surface area contributed by atoms with Crippen molar-refractivity contribution in [2.75, 3.05) is 19.6 Å². The molecule has 1 saturated heterocycles. The summed E-state index contributed by atoms with van der Waals surface area (Å²) in [6.07, 6.45) is 1.39. The average Bonchev–Trinajstić information content (AvgIpc) is 2.10. The second-order valence-corrected chi connectivity index (χ2v) is 3.93. The number of hydrogen-bond donors (Lipinski definition) is 0. The molecule has 0 N–H and O–H groups in total. The van der Waals surface area contributed by atoms with Crippen LogP contribution in [0.15, 0.2) is 0 Å². The van der Waals surface area contributed by atoms with Gasteiger partial charge in [-0.2, -0.15) is 0 Å². The summed E-state index contributed by atoms with van der Waals surface area (Å²) in [6.45, 7) is 9.06. The predicted octanol–water partition coefficient (Wildman–Crippen LogP) is 2.47. The molecule has 72 valence electrons. The lowest BCUT2D eigenvalue weighted by molar-refractivity contribution is 0.00442. The molecule has 1 nitrogen and oxygen atoms in total. The van der Waals surface area contributed by atoms with Crippen LogP contribution in [0, 0.1) is 5.92 Å². The first-order valence-electron chi connectivity index (χ1n) is 5.03. The Bertz CT molecular complexity index is 149. The van der Waals surface area contributed by atoms with Crippen LogP contribution >= 0.6 is 0 Å². The lowest BCUT2D eigenvalue weighted by Gasteiger charge is -2.40. The van der Waals surface area contributed by atoms with Crippen LogP contribution in [0.3, 0.4) is 0 Å². The van der Waals surface area contributed by atoms with E-state index in [1.54, 1.807) is 0 Å². The molecule has 1 rings (SSSR count). The number of alkyl halides is 1. The molecule has 0 bridgehead atoms. The van der Waals surface area contributed by atoms with Gasteiger partial charge in [-0.05, 0) is 19.4 Å². The maximum absolute atomic E-state index is 14.0. The Morgan fingerprint density at radius 1 is 1.50 bits per heavy atom. The molecular weight excluding hydrogens is 153 g/mol. The number of rotatable bonds is 2. The van der Waals surface area contributed by atoms with Crippen LogP contribution in [0.1, 0.15) is 33.6 Å². The summed E-state index contributed by atoms with van der Waals surface area (Å²) in [4.78, 5) is 2.33. The van der Waals surface area contributed by atoms with Gasteiger partial charge in [-0.15, -0.1) is 0 Å². The summed E-state index contributed by atoms with van der Waals surface area (Å²) in [7, 11) is 0. The van der Waals surface area contributed by atoms with Crippen molar-refractivity contribution in [2.45, 2.75) is 39.3 Å². The van der Waals surface area contributed by atoms with Crippen LogP contribution in [0.4, 0.5) is 4.39 Å². The second-order valence-electron chi connectivity index (χ2n) is 3.93. The average molecular weight is 173 g/mol. The number of hydrogen-bond acceptors (Lipinski definition) is 1. The van der Waals surface area contributed by atoms with E-state index in [2.05, 4.69) is 11.8 Å². The van der Waals surface area contributed by atoms with Gasteiger partial charge in [-0.3, -0.25) is 0 Å². The maximum atomic E-state index is 14.0. The summed E-state index contributed by atoms with van der Waals surface area (Å²) in [5.74, 6) is 0.205. The van der Waals surface area contributed by atoms with E-state index in [1.807, 2.05) is 13.8 Å². The molecule has 0 aromatic heterocycles. The van der Waals surface area contributed by atoms with Gasteiger partial charge in [0.25, 0.3) is 0 Å². The third kappa shape index (κ3) is 1.79. The van der Waals surface area contributed by atoms with Crippen LogP contribution < -0.4 is 0 Å². The van der Waals surface area contributed by atoms with Crippen LogP contribution in [0.2, 0.25) is 0 Å². The zero-order valence-electron chi connectivity index (χ0n) is 8.44. The fraction of sp³-hybridized carbons (Fsp3) is 1.00. The van der Waals surface area contributed by atoms with Gasteiger partial charge in [0, 0.05) is 19.0 Å². The Balaban J connectivity index is 2.53. The van der Waals surface area contributed by atoms with Crippen molar-refractivity contribution >= 4 is 0 Å². The van der Waals surface area contributed by atoms with Crippen molar-refractivity contribution in [1.29, 1.82) is 0 Å². The summed E-state index contributed by atoms with van der Waals surface area (Å²) in [6, 6.07) is 0. The van der Waals surface area contributed by atoms with Gasteiger partial charge < -0.3 is 4.90 Å². The van der Waals surface area contributed by atoms with Crippen molar-refractivity contribution in [3.63, 3.8) is 0 Å². The molecule has 0 aliphatic carbocycles. The molecule has 12 heavy (non-hydrogen) atoms. The molecule has 1 aliphatic heterocycles. The molecule has 2 atom stereocenters. The Kier molecular flexibility index (Phi) is 3.10. The third-order valence-corrected chi connectivity index (χ3v) is 3.29. The monoisotopic (exact) mass is 173 g/mol. The van der Waals surface area contributed by atoms with Gasteiger partial charge in [0.15, 0.2) is 0 Å². The topological polar surface area (TPSA) is 3.24 Å². The molecule has 0 saturated carbocycles. The van der Waals surface area contributed by atoms with Crippen molar-refractivity contribution in [1.82, 2.24) is 4.90 Å². The molecule has 0 radical (unpaired) electrons. The van der Waals surface area contributed by atoms with Crippen LogP contribution in [-0.4, -0.2) is 30.2 Å². The van der Waals surface area contributed by atoms with Gasteiger partial charge in [-0.1, -0.05) is 20.8 Å². The van der Waals surface area contributed by atoms with Crippen molar-refractivity contribution < 1.29 is 4.39 Å². The minimum Gasteiger partial charge on any atom is -0.303 e. The quantitative estimate of drug-likeness (QED) is 0.620. The SMILES string of the molecule is CCN1CCC(F)(CC)C(C)C1. The van der Waals surface area contributed by atoms with Gasteiger partial charge in [0.05, 0.1) is 0 Å². The smallest absolute Gasteiger partial charge is 0.115 e. The Hall–Kier alpha value is -0.110. The lowest BCUT2D eigenvalue weighted by atomic mass is 9.82. The number of nitrogens with zero attached hydrogens (tertiary/aromatic N) is 1. The van der Waals surface area contributed by atoms with Gasteiger partial charge in [0.1, 0.15) is 5.67 Å². The van der Waals surface area contributed by atoms with E-state index in [4.69, 9.17) is 0 Å². The third-order valence-electron chi connectivity index (χ3n) is 3.29. The van der Waals surface area contributed by atoms with Crippen LogP contribution in [-0.2, 0) is 0 Å². The molecule has 0 spiro atoms. The van der Waals surface area contributed by atoms with Crippen molar-refractivity contribution in [3.8, 4) is 0 Å². The van der Waals surface area contributed by atoms with E-state index in [1.165, 1.54) is 0 Å². The normalized spacial score (nSPS) is 38.5. The van der Waals surface area contributed by atoms with Crippen molar-refractivity contribution in [3.05, 3.63) is 0 Å². The first-order chi connectivity index (χ1) is 5.62. The molecule has 2 unspecified atom stereocenters. The second kappa shape index (κ2) is 3.73. The molecule has 1 aliphatic rings. The standard InChI is InChI=1S/C10H20FN/c1-4-10(11)6-7-12(5-2)8-9(10)3/h9H,4-8H2,1-3H3. The first kappa shape index (κ1) is 9.97. The first-order valence-corrected chi connectivity index (χ1v) is 5.03. The zero-order valence-corrected chi connectivity index (χ0v) is 8.44. The molecule has 0 aromatic carbocycles. The molecule has 1 fully saturated rings. The van der Waals surface area contributed by atoms with E-state index in [0.717, 1.165) is 26.1 Å². The molecule has 2 heteroatoms. The van der Waals surface area contributed by atoms with E-state index in [-0.39, 0.29) is 5.92 Å². The Labute approximate surface area is 74.9 Å². The van der Waals surface area contributed by atoms with E-state index in [0.29, 0.717) is 6.42 Å². The molecular formula is C10H20FN. The van der Waals surface area contributed by atoms with Crippen LogP contribution in [0.25, 0.3) is 0 Å². The van der Waals surface area contributed by atoms with E-state index < -0.39 is 5.67 Å². The largest absolute Gasteiger partial charge is 0.303 e. The predicted molar refractivity (Wildman–Crippen MR) is 50.0 cm³/mol. The highest BCUT2D eigenvalue weighted by molar-refractivity contribution is 4.90. The highest BCUT2D eigenvalue weighted by Crippen LogP contribution is 2.34. The van der Waals surface area contributed by atoms with Crippen molar-refractivity contribution in [2.24, 2.45) is 5.92 Å². The number of halogens is 1. The Morgan fingerprint density at radius 3 is 2.58 bits per heavy atom. The van der Waals surface area contributed by atoms with Crippen LogP contribution in [0.5, 0.6) is 0 Å². The summed E-state index contributed by atoms with van der Waals surface area (Å²) >= 11 is 0. The molecule has 0 aromatic rings. The lowest BCUT2D eigenvalue weighted by Crippen LogP contribution is -2.47.